The number of carboxylic acids is 2. The van der Waals surface area contributed by atoms with E-state index in [1.54, 1.807) is 18.2 Å². The number of rotatable bonds is 2. The van der Waals surface area contributed by atoms with Crippen LogP contribution in [0.1, 0.15) is 16.1 Å². The Hall–Kier alpha value is -0.890. The van der Waals surface area contributed by atoms with Crippen molar-refractivity contribution in [3.63, 3.8) is 0 Å². The van der Waals surface area contributed by atoms with Gasteiger partial charge in [0.25, 0.3) is 0 Å². The third-order valence-electron chi connectivity index (χ3n) is 2.97. The Morgan fingerprint density at radius 1 is 1.14 bits per heavy atom. The first-order valence-corrected chi connectivity index (χ1v) is 5.76. The van der Waals surface area contributed by atoms with Crippen LogP contribution < -0.4 is 74.1 Å². The summed E-state index contributed by atoms with van der Waals surface area (Å²) in [6.45, 7) is 0. The summed E-state index contributed by atoms with van der Waals surface area (Å²) in [7, 11) is 0. The summed E-state index contributed by atoms with van der Waals surface area (Å²) in [4.78, 5) is 25.5. The van der Waals surface area contributed by atoms with Gasteiger partial charge in [-0.05, 0) is 18.2 Å². The molecule has 1 aromatic heterocycles. The van der Waals surface area contributed by atoms with E-state index in [-0.39, 0.29) is 64.8 Å². The molecule has 1 atom stereocenters. The van der Waals surface area contributed by atoms with Gasteiger partial charge < -0.3 is 24.5 Å². The van der Waals surface area contributed by atoms with Crippen LogP contribution in [0.4, 0.5) is 0 Å². The maximum absolute atomic E-state index is 10.8. The number of aliphatic carboxylic acids is 1. The smallest absolute Gasteiger partial charge is 0.546 e. The Balaban J connectivity index is 0.00000121. The van der Waals surface area contributed by atoms with Crippen molar-refractivity contribution >= 4 is 28.9 Å². The number of aromatic nitrogens is 1. The minimum atomic E-state index is -1.38. The molecule has 2 aromatic rings. The van der Waals surface area contributed by atoms with Crippen LogP contribution in [0, 0.1) is 0 Å². The van der Waals surface area contributed by atoms with Gasteiger partial charge in [-0.1, -0.05) is 12.1 Å². The molecule has 1 aliphatic rings. The van der Waals surface area contributed by atoms with Crippen LogP contribution >= 0.6 is 0 Å². The van der Waals surface area contributed by atoms with E-state index < -0.39 is 18.0 Å². The summed E-state index contributed by atoms with van der Waals surface area (Å²) in [6.07, 6.45) is 1.84. The van der Waals surface area contributed by atoms with E-state index in [0.29, 0.717) is 22.2 Å². The molecule has 0 N–H and O–H groups in total. The average molecular weight is 315 g/mol. The SMILES string of the molecule is O=C([O-])c1ccc2cc3c(cc2n1)OC(C(=O)[O-])C=C3.[Na+].[Na+]. The van der Waals surface area contributed by atoms with Crippen molar-refractivity contribution in [3.05, 3.63) is 41.6 Å². The molecule has 2 heterocycles. The van der Waals surface area contributed by atoms with Gasteiger partial charge in [0.1, 0.15) is 5.75 Å². The minimum absolute atomic E-state index is 0. The maximum Gasteiger partial charge on any atom is 1.00 e. The molecule has 0 fully saturated rings. The average Bonchev–Trinajstić information content (AvgIpc) is 2.43. The van der Waals surface area contributed by atoms with Gasteiger partial charge in [-0.2, -0.15) is 0 Å². The summed E-state index contributed by atoms with van der Waals surface area (Å²) in [5.74, 6) is -2.40. The molecule has 1 unspecified atom stereocenters. The van der Waals surface area contributed by atoms with Crippen LogP contribution in [-0.4, -0.2) is 23.0 Å². The topological polar surface area (TPSA) is 102 Å². The Labute approximate surface area is 169 Å². The summed E-state index contributed by atoms with van der Waals surface area (Å²) in [6, 6.07) is 6.18. The first kappa shape index (κ1) is 19.2. The van der Waals surface area contributed by atoms with Crippen molar-refractivity contribution in [2.24, 2.45) is 0 Å². The summed E-state index contributed by atoms with van der Waals surface area (Å²) < 4.78 is 5.25. The predicted molar refractivity (Wildman–Crippen MR) is 64.5 cm³/mol. The molecule has 0 saturated heterocycles. The molecular formula is C14H7NNa2O5. The standard InChI is InChI=1S/C14H9NO5.2Na/c16-13(17)9-3-1-7-5-8-2-4-11(14(18)19)20-12(8)6-10(7)15-9;;/h1-6,11H,(H,16,17)(H,18,19);;/q;2*+1/p-2. The quantitative estimate of drug-likeness (QED) is 0.510. The number of benzene rings is 1. The largest absolute Gasteiger partial charge is 1.00 e. The third kappa shape index (κ3) is 3.71. The van der Waals surface area contributed by atoms with E-state index in [0.717, 1.165) is 0 Å². The normalized spacial score (nSPS) is 15.0. The second kappa shape index (κ2) is 7.59. The number of carbonyl (C=O) groups excluding carboxylic acids is 2. The monoisotopic (exact) mass is 315 g/mol. The van der Waals surface area contributed by atoms with E-state index in [1.807, 2.05) is 0 Å². The zero-order valence-electron chi connectivity index (χ0n) is 12.0. The van der Waals surface area contributed by atoms with Gasteiger partial charge in [0, 0.05) is 17.0 Å². The molecule has 1 aromatic carbocycles. The van der Waals surface area contributed by atoms with Gasteiger partial charge in [-0.15, -0.1) is 0 Å². The van der Waals surface area contributed by atoms with Crippen molar-refractivity contribution < 1.29 is 83.7 Å². The van der Waals surface area contributed by atoms with Crippen molar-refractivity contribution in [1.82, 2.24) is 4.98 Å². The van der Waals surface area contributed by atoms with Gasteiger partial charge in [0.15, 0.2) is 6.10 Å². The van der Waals surface area contributed by atoms with Crippen LogP contribution in [0.3, 0.4) is 0 Å². The van der Waals surface area contributed by atoms with Gasteiger partial charge in [-0.3, -0.25) is 0 Å². The fourth-order valence-corrected chi connectivity index (χ4v) is 2.01. The number of hydrogen-bond donors (Lipinski definition) is 0. The summed E-state index contributed by atoms with van der Waals surface area (Å²) in [5, 5.41) is 22.3. The Morgan fingerprint density at radius 2 is 1.86 bits per heavy atom. The van der Waals surface area contributed by atoms with Crippen molar-refractivity contribution in [1.29, 1.82) is 0 Å². The molecule has 22 heavy (non-hydrogen) atoms. The van der Waals surface area contributed by atoms with E-state index in [2.05, 4.69) is 4.98 Å². The summed E-state index contributed by atoms with van der Waals surface area (Å²) in [5.41, 5.74) is 0.885. The Morgan fingerprint density at radius 3 is 2.50 bits per heavy atom. The number of nitrogens with zero attached hydrogens (tertiary/aromatic N) is 1. The molecule has 0 amide bonds. The number of ether oxygens (including phenoxy) is 1. The number of carbonyl (C=O) groups is 2. The molecule has 0 aliphatic carbocycles. The van der Waals surface area contributed by atoms with Crippen molar-refractivity contribution in [2.75, 3.05) is 0 Å². The molecule has 8 heteroatoms. The number of carboxylic acid groups (broad SMARTS) is 2. The fourth-order valence-electron chi connectivity index (χ4n) is 2.01. The van der Waals surface area contributed by atoms with Gasteiger partial charge in [0.2, 0.25) is 0 Å². The molecular weight excluding hydrogens is 308 g/mol. The number of hydrogen-bond acceptors (Lipinski definition) is 6. The first-order chi connectivity index (χ1) is 9.54. The van der Waals surface area contributed by atoms with E-state index in [4.69, 9.17) is 4.74 Å². The Bertz CT molecular complexity index is 775. The van der Waals surface area contributed by atoms with E-state index >= 15 is 0 Å². The van der Waals surface area contributed by atoms with Gasteiger partial charge >= 0.3 is 59.1 Å². The van der Waals surface area contributed by atoms with E-state index in [9.17, 15) is 19.8 Å². The molecule has 0 spiro atoms. The van der Waals surface area contributed by atoms with Crippen LogP contribution in [-0.2, 0) is 4.79 Å². The van der Waals surface area contributed by atoms with Gasteiger partial charge in [0.05, 0.1) is 23.1 Å². The van der Waals surface area contributed by atoms with E-state index in [1.165, 1.54) is 18.2 Å². The summed E-state index contributed by atoms with van der Waals surface area (Å²) >= 11 is 0. The molecule has 3 rings (SSSR count). The molecule has 1 aliphatic heterocycles. The number of pyridine rings is 1. The van der Waals surface area contributed by atoms with Crippen molar-refractivity contribution in [2.45, 2.75) is 6.10 Å². The second-order valence-electron chi connectivity index (χ2n) is 4.28. The number of fused-ring (bicyclic) bond motifs is 2. The van der Waals surface area contributed by atoms with Crippen molar-refractivity contribution in [3.8, 4) is 5.75 Å². The predicted octanol–water partition coefficient (Wildman–Crippen LogP) is -6.87. The van der Waals surface area contributed by atoms with Gasteiger partial charge in [-0.25, -0.2) is 4.98 Å². The Kier molecular flexibility index (Phi) is 6.61. The third-order valence-corrected chi connectivity index (χ3v) is 2.97. The van der Waals surface area contributed by atoms with Crippen LogP contribution in [0.25, 0.3) is 17.0 Å². The second-order valence-corrected chi connectivity index (χ2v) is 4.28. The molecule has 6 nitrogen and oxygen atoms in total. The van der Waals surface area contributed by atoms with Crippen LogP contribution in [0.2, 0.25) is 0 Å². The number of aromatic carboxylic acids is 1. The molecule has 0 saturated carbocycles. The maximum atomic E-state index is 10.8. The minimum Gasteiger partial charge on any atom is -0.546 e. The molecule has 0 radical (unpaired) electrons. The first-order valence-electron chi connectivity index (χ1n) is 5.76. The molecule has 0 bridgehead atoms. The van der Waals surface area contributed by atoms with Crippen LogP contribution in [0.5, 0.6) is 5.75 Å². The zero-order valence-corrected chi connectivity index (χ0v) is 16.0. The fraction of sp³-hybridized carbons (Fsp3) is 0.0714. The zero-order chi connectivity index (χ0) is 14.3. The van der Waals surface area contributed by atoms with Crippen LogP contribution in [0.15, 0.2) is 30.3 Å². The molecule has 100 valence electrons.